The predicted molar refractivity (Wildman–Crippen MR) is 86.1 cm³/mol. The van der Waals surface area contributed by atoms with E-state index in [0.717, 1.165) is 0 Å². The summed E-state index contributed by atoms with van der Waals surface area (Å²) in [7, 11) is 0. The number of hydrogen-bond donors (Lipinski definition) is 0. The van der Waals surface area contributed by atoms with Crippen LogP contribution in [-0.2, 0) is 0 Å². The van der Waals surface area contributed by atoms with Gasteiger partial charge in [0.2, 0.25) is 0 Å². The molecule has 0 unspecified atom stereocenters. The quantitative estimate of drug-likeness (QED) is 0.378. The van der Waals surface area contributed by atoms with E-state index in [2.05, 4.69) is 91.0 Å². The Kier molecular flexibility index (Phi) is 3.85. The van der Waals surface area contributed by atoms with Gasteiger partial charge in [-0.05, 0) is 0 Å². The summed E-state index contributed by atoms with van der Waals surface area (Å²) in [6.45, 7) is 24.4. The molecule has 0 atom stereocenters. The standard InChI is InChI=1S/C13H30IP/c1-11(2,3)15(10,14,12(4,5)6)13(7,8)9/h1-10H3. The first-order valence-corrected chi connectivity index (χ1v) is 11.3. The zero-order valence-electron chi connectivity index (χ0n) is 12.3. The average molecular weight is 344 g/mol. The van der Waals surface area contributed by atoms with Crippen LogP contribution in [0.3, 0.4) is 0 Å². The van der Waals surface area contributed by atoms with Crippen molar-refractivity contribution >= 4 is 26.3 Å². The molecule has 0 aliphatic rings. The summed E-state index contributed by atoms with van der Waals surface area (Å²) in [5.74, 6) is 0. The van der Waals surface area contributed by atoms with Crippen LogP contribution in [0.2, 0.25) is 0 Å². The summed E-state index contributed by atoms with van der Waals surface area (Å²) in [6.07, 6.45) is 0. The van der Waals surface area contributed by atoms with Crippen LogP contribution in [0.25, 0.3) is 0 Å². The van der Waals surface area contributed by atoms with Crippen LogP contribution in [0, 0.1) is 0 Å². The van der Waals surface area contributed by atoms with Gasteiger partial charge in [-0.2, -0.15) is 0 Å². The SMILES string of the molecule is CC(C)(C)P(C)(I)(C(C)(C)C)C(C)(C)C. The summed E-state index contributed by atoms with van der Waals surface area (Å²) in [5.41, 5.74) is 0. The van der Waals surface area contributed by atoms with Crippen molar-refractivity contribution in [2.24, 2.45) is 0 Å². The van der Waals surface area contributed by atoms with Gasteiger partial charge in [0.05, 0.1) is 0 Å². The van der Waals surface area contributed by atoms with Crippen molar-refractivity contribution in [3.8, 4) is 0 Å². The van der Waals surface area contributed by atoms with Gasteiger partial charge in [0, 0.05) is 0 Å². The molecular weight excluding hydrogens is 314 g/mol. The molecule has 0 nitrogen and oxygen atoms in total. The van der Waals surface area contributed by atoms with Crippen molar-refractivity contribution in [3.05, 3.63) is 0 Å². The molecule has 0 bridgehead atoms. The first kappa shape index (κ1) is 16.2. The van der Waals surface area contributed by atoms with Crippen LogP contribution in [0.4, 0.5) is 0 Å². The van der Waals surface area contributed by atoms with E-state index in [0.29, 0.717) is 15.5 Å². The minimum atomic E-state index is -1.87. The van der Waals surface area contributed by atoms with Crippen LogP contribution in [-0.4, -0.2) is 22.1 Å². The Morgan fingerprint density at radius 3 is 0.733 bits per heavy atom. The molecule has 0 aromatic carbocycles. The van der Waals surface area contributed by atoms with Crippen LogP contribution in [0.15, 0.2) is 0 Å². The van der Waals surface area contributed by atoms with Gasteiger partial charge >= 0.3 is 111 Å². The van der Waals surface area contributed by atoms with E-state index in [1.165, 1.54) is 0 Å². The molecule has 0 aromatic heterocycles. The predicted octanol–water partition coefficient (Wildman–Crippen LogP) is 5.92. The molecule has 0 rings (SSSR count). The van der Waals surface area contributed by atoms with Crippen LogP contribution < -0.4 is 0 Å². The van der Waals surface area contributed by atoms with E-state index < -0.39 is 4.25 Å². The molecule has 0 fully saturated rings. The second-order valence-electron chi connectivity index (χ2n) is 7.94. The monoisotopic (exact) mass is 344 g/mol. The molecule has 0 aromatic rings. The summed E-state index contributed by atoms with van der Waals surface area (Å²) in [6, 6.07) is 0. The Hall–Kier alpha value is 1.16. The third kappa shape index (κ3) is 1.90. The molecular formula is C13H30IP. The topological polar surface area (TPSA) is 0 Å². The van der Waals surface area contributed by atoms with E-state index >= 15 is 0 Å². The zero-order chi connectivity index (χ0) is 12.9. The molecule has 0 saturated carbocycles. The third-order valence-corrected chi connectivity index (χ3v) is 27.4. The van der Waals surface area contributed by atoms with Crippen molar-refractivity contribution < 1.29 is 0 Å². The number of rotatable bonds is 0. The van der Waals surface area contributed by atoms with E-state index in [9.17, 15) is 0 Å². The zero-order valence-corrected chi connectivity index (χ0v) is 15.4. The molecule has 0 aliphatic carbocycles. The van der Waals surface area contributed by atoms with E-state index in [1.807, 2.05) is 0 Å². The van der Waals surface area contributed by atoms with Crippen molar-refractivity contribution in [3.63, 3.8) is 0 Å². The molecule has 0 N–H and O–H groups in total. The Balaban J connectivity index is 6.08. The van der Waals surface area contributed by atoms with E-state index in [1.54, 1.807) is 0 Å². The molecule has 0 saturated heterocycles. The number of halogens is 1. The van der Waals surface area contributed by atoms with E-state index in [-0.39, 0.29) is 0 Å². The van der Waals surface area contributed by atoms with Gasteiger partial charge in [-0.1, -0.05) is 0 Å². The second kappa shape index (κ2) is 3.57. The molecule has 0 heterocycles. The Labute approximate surface area is 110 Å². The Morgan fingerprint density at radius 2 is 0.733 bits per heavy atom. The summed E-state index contributed by atoms with van der Waals surface area (Å²) in [4.78, 5) is 0. The molecule has 94 valence electrons. The summed E-state index contributed by atoms with van der Waals surface area (Å²) < 4.78 is -1.87. The van der Waals surface area contributed by atoms with Gasteiger partial charge in [0.25, 0.3) is 0 Å². The summed E-state index contributed by atoms with van der Waals surface area (Å²) in [5, 5.41) is 1.13. The third-order valence-electron chi connectivity index (χ3n) is 4.79. The molecule has 2 heteroatoms. The van der Waals surface area contributed by atoms with Gasteiger partial charge in [-0.15, -0.1) is 0 Å². The first-order chi connectivity index (χ1) is 6.07. The molecule has 15 heavy (non-hydrogen) atoms. The fraction of sp³-hybridized carbons (Fsp3) is 1.00. The Bertz CT molecular complexity index is 202. The van der Waals surface area contributed by atoms with Crippen molar-refractivity contribution in [1.29, 1.82) is 0 Å². The first-order valence-electron chi connectivity index (χ1n) is 5.79. The maximum absolute atomic E-state index is 2.86. The fourth-order valence-electron chi connectivity index (χ4n) is 3.02. The molecule has 0 radical (unpaired) electrons. The Morgan fingerprint density at radius 1 is 0.600 bits per heavy atom. The van der Waals surface area contributed by atoms with Gasteiger partial charge in [-0.25, -0.2) is 0 Å². The van der Waals surface area contributed by atoms with Crippen LogP contribution >= 0.6 is 26.3 Å². The minimum absolute atomic E-state index is 0.378. The van der Waals surface area contributed by atoms with Crippen molar-refractivity contribution in [2.75, 3.05) is 6.66 Å². The number of hydrogen-bond acceptors (Lipinski definition) is 0. The molecule has 0 amide bonds. The van der Waals surface area contributed by atoms with E-state index in [4.69, 9.17) is 0 Å². The fourth-order valence-corrected chi connectivity index (χ4v) is 9.06. The van der Waals surface area contributed by atoms with Crippen LogP contribution in [0.1, 0.15) is 62.3 Å². The molecule has 0 spiro atoms. The van der Waals surface area contributed by atoms with Gasteiger partial charge < -0.3 is 0 Å². The van der Waals surface area contributed by atoms with Gasteiger partial charge in [-0.3, -0.25) is 0 Å². The van der Waals surface area contributed by atoms with Gasteiger partial charge in [0.1, 0.15) is 0 Å². The van der Waals surface area contributed by atoms with Crippen molar-refractivity contribution in [1.82, 2.24) is 0 Å². The normalized spacial score (nSPS) is 18.5. The summed E-state index contributed by atoms with van der Waals surface area (Å²) >= 11 is 2.86. The average Bonchev–Trinajstić information content (AvgIpc) is 1.78. The molecule has 0 aliphatic heterocycles. The van der Waals surface area contributed by atoms with Crippen molar-refractivity contribution in [2.45, 2.75) is 77.8 Å². The maximum atomic E-state index is 2.86. The van der Waals surface area contributed by atoms with Gasteiger partial charge in [0.15, 0.2) is 0 Å². The van der Waals surface area contributed by atoms with Crippen LogP contribution in [0.5, 0.6) is 0 Å². The second-order valence-corrected chi connectivity index (χ2v) is 22.1.